The molecule has 1 atom stereocenters. The van der Waals surface area contributed by atoms with Gasteiger partial charge in [-0.15, -0.1) is 0 Å². The van der Waals surface area contributed by atoms with Crippen LogP contribution in [0.15, 0.2) is 0 Å². The topological polar surface area (TPSA) is 46.5 Å². The number of hydrogen-bond acceptors (Lipinski definition) is 3. The van der Waals surface area contributed by atoms with Crippen molar-refractivity contribution in [1.82, 2.24) is 0 Å². The Hall–Kier alpha value is -0.570. The lowest BCUT2D eigenvalue weighted by atomic mass is 10.0. The van der Waals surface area contributed by atoms with E-state index < -0.39 is 11.6 Å². The van der Waals surface area contributed by atoms with Gasteiger partial charge < -0.3 is 9.84 Å². The normalized spacial score (nSPS) is 14.1. The number of esters is 1. The fourth-order valence-corrected chi connectivity index (χ4v) is 1.20. The number of hydrogen-bond donors (Lipinski definition) is 1. The highest BCUT2D eigenvalue weighted by atomic mass is 16.6. The van der Waals surface area contributed by atoms with Gasteiger partial charge in [0.1, 0.15) is 0 Å². The second-order valence-corrected chi connectivity index (χ2v) is 5.10. The van der Waals surface area contributed by atoms with Crippen LogP contribution < -0.4 is 0 Å². The minimum atomic E-state index is -1.38. The van der Waals surface area contributed by atoms with E-state index in [-0.39, 0.29) is 6.10 Å². The molecule has 3 nitrogen and oxygen atoms in total. The van der Waals surface area contributed by atoms with Crippen molar-refractivity contribution in [3.63, 3.8) is 0 Å². The first-order chi connectivity index (χ1) is 6.73. The fraction of sp³-hybridized carbons (Fsp3) is 0.917. The van der Waals surface area contributed by atoms with Gasteiger partial charge in [-0.2, -0.15) is 0 Å². The van der Waals surface area contributed by atoms with Gasteiger partial charge in [-0.05, 0) is 39.5 Å². The highest BCUT2D eigenvalue weighted by molar-refractivity contribution is 5.78. The summed E-state index contributed by atoms with van der Waals surface area (Å²) in [5.41, 5.74) is -1.38. The molecule has 0 saturated carbocycles. The summed E-state index contributed by atoms with van der Waals surface area (Å²) < 4.78 is 5.11. The van der Waals surface area contributed by atoms with Crippen molar-refractivity contribution in [1.29, 1.82) is 0 Å². The predicted molar refractivity (Wildman–Crippen MR) is 60.5 cm³/mol. The van der Waals surface area contributed by atoms with E-state index in [0.29, 0.717) is 5.92 Å². The summed E-state index contributed by atoms with van der Waals surface area (Å²) in [5, 5.41) is 9.37. The van der Waals surface area contributed by atoms with E-state index in [1.165, 1.54) is 13.8 Å². The Balaban J connectivity index is 3.75. The van der Waals surface area contributed by atoms with Crippen molar-refractivity contribution in [3.05, 3.63) is 0 Å². The summed E-state index contributed by atoms with van der Waals surface area (Å²) in [6, 6.07) is 0. The molecule has 0 bridgehead atoms. The van der Waals surface area contributed by atoms with Crippen LogP contribution in [0.25, 0.3) is 0 Å². The molecule has 0 amide bonds. The van der Waals surface area contributed by atoms with Gasteiger partial charge in [0.25, 0.3) is 0 Å². The minimum absolute atomic E-state index is 0.109. The van der Waals surface area contributed by atoms with E-state index >= 15 is 0 Å². The van der Waals surface area contributed by atoms with Crippen molar-refractivity contribution in [2.45, 2.75) is 65.6 Å². The summed E-state index contributed by atoms with van der Waals surface area (Å²) in [4.78, 5) is 11.3. The Kier molecular flexibility index (Phi) is 5.88. The second kappa shape index (κ2) is 6.11. The molecule has 0 rings (SSSR count). The molecule has 3 heteroatoms. The van der Waals surface area contributed by atoms with Gasteiger partial charge in [0.15, 0.2) is 5.60 Å². The van der Waals surface area contributed by atoms with E-state index in [4.69, 9.17) is 4.74 Å². The highest BCUT2D eigenvalue weighted by Gasteiger charge is 2.27. The number of aliphatic hydroxyl groups is 1. The summed E-state index contributed by atoms with van der Waals surface area (Å²) in [5.74, 6) is 0.140. The van der Waals surface area contributed by atoms with E-state index in [2.05, 4.69) is 13.8 Å². The molecular formula is C12H24O3. The lowest BCUT2D eigenvalue weighted by molar-refractivity contribution is -0.167. The van der Waals surface area contributed by atoms with Gasteiger partial charge in [-0.3, -0.25) is 0 Å². The second-order valence-electron chi connectivity index (χ2n) is 5.10. The zero-order valence-corrected chi connectivity index (χ0v) is 10.5. The van der Waals surface area contributed by atoms with Crippen LogP contribution in [0.4, 0.5) is 0 Å². The fourth-order valence-electron chi connectivity index (χ4n) is 1.20. The molecule has 0 aliphatic carbocycles. The zero-order valence-electron chi connectivity index (χ0n) is 10.5. The largest absolute Gasteiger partial charge is 0.461 e. The average molecular weight is 216 g/mol. The molecule has 0 aromatic heterocycles. The maximum absolute atomic E-state index is 11.3. The first kappa shape index (κ1) is 14.4. The zero-order chi connectivity index (χ0) is 12.1. The molecule has 0 aromatic carbocycles. The van der Waals surface area contributed by atoms with Gasteiger partial charge in [0, 0.05) is 0 Å². The van der Waals surface area contributed by atoms with Crippen LogP contribution in [0.2, 0.25) is 0 Å². The van der Waals surface area contributed by atoms with Crippen LogP contribution in [0, 0.1) is 5.92 Å². The van der Waals surface area contributed by atoms with E-state index in [1.54, 1.807) is 0 Å². The lowest BCUT2D eigenvalue weighted by Crippen LogP contribution is -2.35. The Morgan fingerprint density at radius 3 is 2.20 bits per heavy atom. The van der Waals surface area contributed by atoms with Gasteiger partial charge >= 0.3 is 5.97 Å². The number of ether oxygens (including phenoxy) is 1. The molecule has 1 unspecified atom stereocenters. The quantitative estimate of drug-likeness (QED) is 0.694. The van der Waals surface area contributed by atoms with Crippen molar-refractivity contribution >= 4 is 5.97 Å². The van der Waals surface area contributed by atoms with Gasteiger partial charge in [-0.25, -0.2) is 4.79 Å². The third kappa shape index (κ3) is 7.37. The van der Waals surface area contributed by atoms with Crippen molar-refractivity contribution in [3.8, 4) is 0 Å². The molecule has 0 aliphatic heterocycles. The van der Waals surface area contributed by atoms with Crippen LogP contribution in [-0.2, 0) is 9.53 Å². The minimum Gasteiger partial charge on any atom is -0.461 e. The first-order valence-electron chi connectivity index (χ1n) is 5.67. The van der Waals surface area contributed by atoms with Crippen LogP contribution in [-0.4, -0.2) is 22.8 Å². The van der Waals surface area contributed by atoms with E-state index in [9.17, 15) is 9.90 Å². The molecule has 0 fully saturated rings. The molecule has 15 heavy (non-hydrogen) atoms. The molecule has 0 spiro atoms. The molecule has 0 heterocycles. The van der Waals surface area contributed by atoms with Crippen molar-refractivity contribution < 1.29 is 14.6 Å². The summed E-state index contributed by atoms with van der Waals surface area (Å²) in [7, 11) is 0. The molecular weight excluding hydrogens is 192 g/mol. The number of carbonyl (C=O) groups is 1. The Bertz CT molecular complexity index is 192. The first-order valence-corrected chi connectivity index (χ1v) is 5.67. The maximum atomic E-state index is 11.3. The average Bonchev–Trinajstić information content (AvgIpc) is 2.01. The number of rotatable bonds is 6. The van der Waals surface area contributed by atoms with E-state index in [0.717, 1.165) is 19.3 Å². The summed E-state index contributed by atoms with van der Waals surface area (Å²) in [6.07, 6.45) is 2.95. The molecule has 0 radical (unpaired) electrons. The Morgan fingerprint density at radius 1 is 1.27 bits per heavy atom. The maximum Gasteiger partial charge on any atom is 0.337 e. The van der Waals surface area contributed by atoms with Gasteiger partial charge in [-0.1, -0.05) is 20.3 Å². The third-order valence-electron chi connectivity index (χ3n) is 2.20. The smallest absolute Gasteiger partial charge is 0.337 e. The molecule has 90 valence electrons. The van der Waals surface area contributed by atoms with Crippen molar-refractivity contribution in [2.24, 2.45) is 5.92 Å². The van der Waals surface area contributed by atoms with Crippen LogP contribution in [0.3, 0.4) is 0 Å². The SMILES string of the molecule is CC(C)CCCC(C)OC(=O)C(C)(C)O. The van der Waals surface area contributed by atoms with Gasteiger partial charge in [0.2, 0.25) is 0 Å². The molecule has 0 aliphatic rings. The predicted octanol–water partition coefficient (Wildman–Crippen LogP) is 2.52. The molecule has 0 aromatic rings. The summed E-state index contributed by atoms with van der Waals surface area (Å²) >= 11 is 0. The summed E-state index contributed by atoms with van der Waals surface area (Å²) in [6.45, 7) is 9.09. The van der Waals surface area contributed by atoms with E-state index in [1.807, 2.05) is 6.92 Å². The standard InChI is InChI=1S/C12H24O3/c1-9(2)7-6-8-10(3)15-11(13)12(4,5)14/h9-10,14H,6-8H2,1-5H3. The Morgan fingerprint density at radius 2 is 1.80 bits per heavy atom. The van der Waals surface area contributed by atoms with Crippen LogP contribution in [0.5, 0.6) is 0 Å². The van der Waals surface area contributed by atoms with Crippen molar-refractivity contribution in [2.75, 3.05) is 0 Å². The third-order valence-corrected chi connectivity index (χ3v) is 2.20. The van der Waals surface area contributed by atoms with Crippen LogP contribution >= 0.6 is 0 Å². The molecule has 1 N–H and O–H groups in total. The monoisotopic (exact) mass is 216 g/mol. The number of carbonyl (C=O) groups excluding carboxylic acids is 1. The Labute approximate surface area is 92.8 Å². The highest BCUT2D eigenvalue weighted by Crippen LogP contribution is 2.13. The molecule has 0 saturated heterocycles. The lowest BCUT2D eigenvalue weighted by Gasteiger charge is -2.20. The van der Waals surface area contributed by atoms with Crippen LogP contribution in [0.1, 0.15) is 53.9 Å². The van der Waals surface area contributed by atoms with Gasteiger partial charge in [0.05, 0.1) is 6.10 Å².